The van der Waals surface area contributed by atoms with Crippen molar-refractivity contribution in [2.75, 3.05) is 5.32 Å². The maximum absolute atomic E-state index is 12.7. The number of benzene rings is 1. The largest absolute Gasteiger partial charge is 0.348 e. The van der Waals surface area contributed by atoms with Crippen LogP contribution in [0, 0.1) is 6.92 Å². The van der Waals surface area contributed by atoms with Crippen molar-refractivity contribution in [3.05, 3.63) is 34.8 Å². The molecule has 2 N–H and O–H groups in total. The molecule has 2 amide bonds. The van der Waals surface area contributed by atoms with E-state index < -0.39 is 0 Å². The molecular weight excluding hydrogens is 346 g/mol. The molecule has 1 aliphatic carbocycles. The molecule has 1 aromatic carbocycles. The summed E-state index contributed by atoms with van der Waals surface area (Å²) >= 11 is 1.52. The zero-order valence-electron chi connectivity index (χ0n) is 15.3. The molecule has 0 spiro atoms. The first-order valence-corrected chi connectivity index (χ1v) is 10.0. The molecule has 0 bridgehead atoms. The first-order chi connectivity index (χ1) is 12.5. The Morgan fingerprint density at radius 3 is 2.35 bits per heavy atom. The second kappa shape index (κ2) is 8.45. The van der Waals surface area contributed by atoms with Gasteiger partial charge in [-0.3, -0.25) is 9.59 Å². The Kier molecular flexibility index (Phi) is 6.04. The topological polar surface area (TPSA) is 71.1 Å². The van der Waals surface area contributed by atoms with Gasteiger partial charge in [0.05, 0.1) is 0 Å². The van der Waals surface area contributed by atoms with Crippen molar-refractivity contribution in [3.63, 3.8) is 0 Å². The number of amides is 2. The fraction of sp³-hybridized carbons (Fsp3) is 0.450. The summed E-state index contributed by atoms with van der Waals surface area (Å²) in [4.78, 5) is 29.3. The van der Waals surface area contributed by atoms with Crippen LogP contribution in [0.3, 0.4) is 0 Å². The Bertz CT molecular complexity index is 775. The number of hydrogen-bond donors (Lipinski definition) is 2. The maximum atomic E-state index is 12.7. The Morgan fingerprint density at radius 2 is 1.73 bits per heavy atom. The second-order valence-corrected chi connectivity index (χ2v) is 8.05. The summed E-state index contributed by atoms with van der Waals surface area (Å²) in [6.07, 6.45) is 7.03. The summed E-state index contributed by atoms with van der Waals surface area (Å²) in [6.45, 7) is 3.42. The van der Waals surface area contributed by atoms with E-state index in [1.807, 2.05) is 31.2 Å². The van der Waals surface area contributed by atoms with Crippen LogP contribution in [-0.4, -0.2) is 22.8 Å². The zero-order valence-corrected chi connectivity index (χ0v) is 16.1. The molecular formula is C20H25N3O2S. The predicted octanol–water partition coefficient (Wildman–Crippen LogP) is 4.53. The van der Waals surface area contributed by atoms with Crippen molar-refractivity contribution < 1.29 is 9.59 Å². The number of carbonyl (C=O) groups is 2. The number of thiazole rings is 1. The van der Waals surface area contributed by atoms with Gasteiger partial charge in [0.2, 0.25) is 5.91 Å². The maximum Gasteiger partial charge on any atom is 0.271 e. The molecule has 0 saturated heterocycles. The van der Waals surface area contributed by atoms with Gasteiger partial charge >= 0.3 is 0 Å². The van der Waals surface area contributed by atoms with Crippen molar-refractivity contribution >= 4 is 28.8 Å². The molecule has 0 atom stereocenters. The van der Waals surface area contributed by atoms with Crippen molar-refractivity contribution in [2.24, 2.45) is 0 Å². The van der Waals surface area contributed by atoms with E-state index >= 15 is 0 Å². The Morgan fingerprint density at radius 1 is 1.08 bits per heavy atom. The summed E-state index contributed by atoms with van der Waals surface area (Å²) in [7, 11) is 0. The van der Waals surface area contributed by atoms with Crippen molar-refractivity contribution in [2.45, 2.75) is 58.4 Å². The highest BCUT2D eigenvalue weighted by Gasteiger charge is 2.20. The molecule has 1 aliphatic rings. The zero-order chi connectivity index (χ0) is 18.5. The molecule has 138 valence electrons. The minimum absolute atomic E-state index is 0.0632. The van der Waals surface area contributed by atoms with Crippen LogP contribution < -0.4 is 10.6 Å². The smallest absolute Gasteiger partial charge is 0.271 e. The Balaban J connectivity index is 1.71. The second-order valence-electron chi connectivity index (χ2n) is 6.84. The number of carbonyl (C=O) groups excluding carboxylic acids is 2. The lowest BCUT2D eigenvalue weighted by atomic mass is 10.1. The fourth-order valence-electron chi connectivity index (χ4n) is 3.31. The SMILES string of the molecule is CC(=O)Nc1ccc(-c2nc(C(=O)NC3CCCCCC3)c(C)s2)cc1. The van der Waals surface area contributed by atoms with Crippen LogP contribution in [0.1, 0.15) is 60.8 Å². The lowest BCUT2D eigenvalue weighted by molar-refractivity contribution is -0.114. The molecule has 1 heterocycles. The van der Waals surface area contributed by atoms with Crippen LogP contribution in [-0.2, 0) is 4.79 Å². The number of aromatic nitrogens is 1. The highest BCUT2D eigenvalue weighted by atomic mass is 32.1. The van der Waals surface area contributed by atoms with E-state index in [1.54, 1.807) is 0 Å². The van der Waals surface area contributed by atoms with Gasteiger partial charge in [-0.25, -0.2) is 4.98 Å². The monoisotopic (exact) mass is 371 g/mol. The molecule has 26 heavy (non-hydrogen) atoms. The van der Waals surface area contributed by atoms with Crippen LogP contribution in [0.25, 0.3) is 10.6 Å². The lowest BCUT2D eigenvalue weighted by Crippen LogP contribution is -2.34. The predicted molar refractivity (Wildman–Crippen MR) is 106 cm³/mol. The third kappa shape index (κ3) is 4.69. The molecule has 6 heteroatoms. The van der Waals surface area contributed by atoms with Gasteiger partial charge in [0.1, 0.15) is 10.7 Å². The number of rotatable bonds is 4. The van der Waals surface area contributed by atoms with Crippen LogP contribution >= 0.6 is 11.3 Å². The van der Waals surface area contributed by atoms with Gasteiger partial charge in [-0.15, -0.1) is 11.3 Å². The number of anilines is 1. The van der Waals surface area contributed by atoms with E-state index in [2.05, 4.69) is 15.6 Å². The summed E-state index contributed by atoms with van der Waals surface area (Å²) in [5.74, 6) is -0.160. The number of aryl methyl sites for hydroxylation is 1. The van der Waals surface area contributed by atoms with Gasteiger partial charge in [0.25, 0.3) is 5.91 Å². The van der Waals surface area contributed by atoms with E-state index in [-0.39, 0.29) is 17.9 Å². The van der Waals surface area contributed by atoms with Crippen molar-refractivity contribution in [1.29, 1.82) is 0 Å². The number of nitrogens with one attached hydrogen (secondary N) is 2. The molecule has 0 aliphatic heterocycles. The van der Waals surface area contributed by atoms with Crippen molar-refractivity contribution in [1.82, 2.24) is 10.3 Å². The first kappa shape index (κ1) is 18.6. The molecule has 2 aromatic rings. The summed E-state index contributed by atoms with van der Waals surface area (Å²) in [6, 6.07) is 7.79. The highest BCUT2D eigenvalue weighted by Crippen LogP contribution is 2.29. The molecule has 0 radical (unpaired) electrons. The lowest BCUT2D eigenvalue weighted by Gasteiger charge is -2.15. The van der Waals surface area contributed by atoms with Crippen LogP contribution in [0.15, 0.2) is 24.3 Å². The Hall–Kier alpha value is -2.21. The van der Waals surface area contributed by atoms with E-state index in [0.29, 0.717) is 5.69 Å². The normalized spacial score (nSPS) is 15.3. The average Bonchev–Trinajstić information content (AvgIpc) is 2.82. The molecule has 0 unspecified atom stereocenters. The summed E-state index contributed by atoms with van der Waals surface area (Å²) in [5.41, 5.74) is 2.22. The quantitative estimate of drug-likeness (QED) is 0.776. The van der Waals surface area contributed by atoms with E-state index in [4.69, 9.17) is 0 Å². The summed E-state index contributed by atoms with van der Waals surface area (Å²) in [5, 5.41) is 6.74. The van der Waals surface area contributed by atoms with Gasteiger partial charge in [-0.2, -0.15) is 0 Å². The molecule has 1 aromatic heterocycles. The minimum Gasteiger partial charge on any atom is -0.348 e. The van der Waals surface area contributed by atoms with Crippen LogP contribution in [0.5, 0.6) is 0 Å². The van der Waals surface area contributed by atoms with Crippen LogP contribution in [0.4, 0.5) is 5.69 Å². The molecule has 1 saturated carbocycles. The van der Waals surface area contributed by atoms with Gasteiger partial charge < -0.3 is 10.6 Å². The minimum atomic E-state index is -0.0969. The van der Waals surface area contributed by atoms with Crippen molar-refractivity contribution in [3.8, 4) is 10.6 Å². The van der Waals surface area contributed by atoms with Crippen LogP contribution in [0.2, 0.25) is 0 Å². The molecule has 1 fully saturated rings. The highest BCUT2D eigenvalue weighted by molar-refractivity contribution is 7.15. The Labute approximate surface area is 158 Å². The average molecular weight is 372 g/mol. The first-order valence-electron chi connectivity index (χ1n) is 9.19. The van der Waals surface area contributed by atoms with Gasteiger partial charge in [0.15, 0.2) is 0 Å². The number of hydrogen-bond acceptors (Lipinski definition) is 4. The van der Waals surface area contributed by atoms with Gasteiger partial charge in [-0.1, -0.05) is 25.7 Å². The van der Waals surface area contributed by atoms with Gasteiger partial charge in [-0.05, 0) is 44.0 Å². The van der Waals surface area contributed by atoms with Gasteiger partial charge in [0, 0.05) is 29.1 Å². The number of nitrogens with zero attached hydrogens (tertiary/aromatic N) is 1. The standard InChI is InChI=1S/C20H25N3O2S/c1-13-18(19(25)22-16-7-5-3-4-6-8-16)23-20(26-13)15-9-11-17(12-10-15)21-14(2)24/h9-12,16H,3-8H2,1-2H3,(H,21,24)(H,22,25). The molecule has 3 rings (SSSR count). The fourth-order valence-corrected chi connectivity index (χ4v) is 4.22. The third-order valence-corrected chi connectivity index (χ3v) is 5.67. The van der Waals surface area contributed by atoms with E-state index in [0.717, 1.165) is 34.0 Å². The van der Waals surface area contributed by atoms with E-state index in [9.17, 15) is 9.59 Å². The molecule has 5 nitrogen and oxygen atoms in total. The van der Waals surface area contributed by atoms with E-state index in [1.165, 1.54) is 43.9 Å². The summed E-state index contributed by atoms with van der Waals surface area (Å²) < 4.78 is 0. The third-order valence-electron chi connectivity index (χ3n) is 4.65.